The van der Waals surface area contributed by atoms with Crippen LogP contribution in [0.15, 0.2) is 30.7 Å². The molecule has 0 aliphatic heterocycles. The summed E-state index contributed by atoms with van der Waals surface area (Å²) in [6.45, 7) is 0. The van der Waals surface area contributed by atoms with Crippen molar-refractivity contribution in [3.8, 4) is 10.6 Å². The summed E-state index contributed by atoms with van der Waals surface area (Å²) in [5.41, 5.74) is 1.69. The molecule has 0 radical (unpaired) electrons. The third-order valence-electron chi connectivity index (χ3n) is 2.39. The Hall–Kier alpha value is -2.61. The summed E-state index contributed by atoms with van der Waals surface area (Å²) in [6, 6.07) is 5.61. The number of anilines is 1. The lowest BCUT2D eigenvalue weighted by Gasteiger charge is -1.98. The molecule has 2 heterocycles. The van der Waals surface area contributed by atoms with Gasteiger partial charge in [0.1, 0.15) is 11.3 Å². The third kappa shape index (κ3) is 2.33. The minimum Gasteiger partial charge on any atom is -0.465 e. The van der Waals surface area contributed by atoms with Gasteiger partial charge in [0.05, 0.1) is 5.52 Å². The van der Waals surface area contributed by atoms with E-state index in [4.69, 9.17) is 5.11 Å². The molecule has 1 amide bonds. The van der Waals surface area contributed by atoms with E-state index < -0.39 is 6.09 Å². The standard InChI is InChI=1S/C11H7N5O2S/c17-11(18)14-10-16-15-9(19-10)6-1-2-8-7(3-6)4-12-5-13-8/h1-5H,(H,14,16)(H,17,18). The maximum Gasteiger partial charge on any atom is 0.411 e. The molecule has 94 valence electrons. The van der Waals surface area contributed by atoms with Gasteiger partial charge in [0.25, 0.3) is 0 Å². The van der Waals surface area contributed by atoms with E-state index in [2.05, 4.69) is 25.5 Å². The van der Waals surface area contributed by atoms with Crippen LogP contribution < -0.4 is 5.32 Å². The highest BCUT2D eigenvalue weighted by molar-refractivity contribution is 7.18. The number of benzene rings is 1. The first-order valence-electron chi connectivity index (χ1n) is 5.26. The molecule has 3 aromatic rings. The van der Waals surface area contributed by atoms with Gasteiger partial charge in [-0.2, -0.15) is 0 Å². The Labute approximate surface area is 111 Å². The van der Waals surface area contributed by atoms with Crippen LogP contribution in [0, 0.1) is 0 Å². The van der Waals surface area contributed by atoms with E-state index in [0.717, 1.165) is 16.5 Å². The lowest BCUT2D eigenvalue weighted by Crippen LogP contribution is -2.06. The fourth-order valence-electron chi connectivity index (χ4n) is 1.60. The minimum absolute atomic E-state index is 0.243. The highest BCUT2D eigenvalue weighted by Gasteiger charge is 2.09. The number of carboxylic acid groups (broad SMARTS) is 1. The fraction of sp³-hybridized carbons (Fsp3) is 0. The molecule has 0 aliphatic rings. The molecule has 0 unspecified atom stereocenters. The second-order valence-corrected chi connectivity index (χ2v) is 4.62. The quantitative estimate of drug-likeness (QED) is 0.742. The summed E-state index contributed by atoms with van der Waals surface area (Å²) < 4.78 is 0. The zero-order valence-corrected chi connectivity index (χ0v) is 10.3. The van der Waals surface area contributed by atoms with Crippen molar-refractivity contribution in [3.63, 3.8) is 0 Å². The summed E-state index contributed by atoms with van der Waals surface area (Å²) in [5.74, 6) is 0. The zero-order chi connectivity index (χ0) is 13.2. The summed E-state index contributed by atoms with van der Waals surface area (Å²) in [4.78, 5) is 18.6. The maximum absolute atomic E-state index is 10.5. The van der Waals surface area contributed by atoms with Gasteiger partial charge in [0, 0.05) is 17.1 Å². The highest BCUT2D eigenvalue weighted by atomic mass is 32.1. The number of amides is 1. The molecule has 0 saturated heterocycles. The Morgan fingerprint density at radius 1 is 1.32 bits per heavy atom. The van der Waals surface area contributed by atoms with Crippen LogP contribution in [0.5, 0.6) is 0 Å². The first-order chi connectivity index (χ1) is 9.22. The van der Waals surface area contributed by atoms with Crippen molar-refractivity contribution in [2.24, 2.45) is 0 Å². The monoisotopic (exact) mass is 273 g/mol. The smallest absolute Gasteiger partial charge is 0.411 e. The largest absolute Gasteiger partial charge is 0.465 e. The Balaban J connectivity index is 1.99. The molecular formula is C11H7N5O2S. The highest BCUT2D eigenvalue weighted by Crippen LogP contribution is 2.28. The van der Waals surface area contributed by atoms with Crippen LogP contribution in [0.3, 0.4) is 0 Å². The number of nitrogens with zero attached hydrogens (tertiary/aromatic N) is 4. The number of fused-ring (bicyclic) bond motifs is 1. The molecule has 2 aromatic heterocycles. The molecule has 19 heavy (non-hydrogen) atoms. The summed E-state index contributed by atoms with van der Waals surface area (Å²) >= 11 is 1.17. The number of hydrogen-bond acceptors (Lipinski definition) is 6. The van der Waals surface area contributed by atoms with Crippen LogP contribution in [0.1, 0.15) is 0 Å². The van der Waals surface area contributed by atoms with Crippen molar-refractivity contribution < 1.29 is 9.90 Å². The van der Waals surface area contributed by atoms with E-state index in [0.29, 0.717) is 5.01 Å². The molecular weight excluding hydrogens is 266 g/mol. The van der Waals surface area contributed by atoms with E-state index in [1.807, 2.05) is 18.2 Å². The average Bonchev–Trinajstić information content (AvgIpc) is 2.86. The molecule has 2 N–H and O–H groups in total. The first-order valence-corrected chi connectivity index (χ1v) is 6.07. The van der Waals surface area contributed by atoms with Gasteiger partial charge in [-0.15, -0.1) is 10.2 Å². The molecule has 0 spiro atoms. The molecule has 1 aromatic carbocycles. The van der Waals surface area contributed by atoms with Crippen LogP contribution in [-0.2, 0) is 0 Å². The van der Waals surface area contributed by atoms with Gasteiger partial charge in [-0.3, -0.25) is 5.32 Å². The molecule has 0 fully saturated rings. The average molecular weight is 273 g/mol. The van der Waals surface area contributed by atoms with Crippen molar-refractivity contribution in [1.82, 2.24) is 20.2 Å². The molecule has 0 bridgehead atoms. The first kappa shape index (κ1) is 11.5. The summed E-state index contributed by atoms with van der Waals surface area (Å²) in [5, 5.41) is 20.2. The maximum atomic E-state index is 10.5. The predicted molar refractivity (Wildman–Crippen MR) is 70.1 cm³/mol. The number of nitrogens with one attached hydrogen (secondary N) is 1. The van der Waals surface area contributed by atoms with Gasteiger partial charge >= 0.3 is 6.09 Å². The molecule has 0 aliphatic carbocycles. The van der Waals surface area contributed by atoms with Gasteiger partial charge in [-0.25, -0.2) is 14.8 Å². The van der Waals surface area contributed by atoms with Gasteiger partial charge in [-0.05, 0) is 18.2 Å². The van der Waals surface area contributed by atoms with E-state index in [-0.39, 0.29) is 5.13 Å². The number of carbonyl (C=O) groups is 1. The number of hydrogen-bond donors (Lipinski definition) is 2. The van der Waals surface area contributed by atoms with E-state index >= 15 is 0 Å². The van der Waals surface area contributed by atoms with Gasteiger partial charge < -0.3 is 5.11 Å². The van der Waals surface area contributed by atoms with Crippen LogP contribution in [0.4, 0.5) is 9.93 Å². The predicted octanol–water partition coefficient (Wildman–Crippen LogP) is 2.24. The lowest BCUT2D eigenvalue weighted by molar-refractivity contribution is 0.209. The lowest BCUT2D eigenvalue weighted by atomic mass is 10.1. The third-order valence-corrected chi connectivity index (χ3v) is 3.28. The van der Waals surface area contributed by atoms with Crippen LogP contribution in [0.2, 0.25) is 0 Å². The van der Waals surface area contributed by atoms with Crippen molar-refractivity contribution >= 4 is 33.5 Å². The van der Waals surface area contributed by atoms with E-state index in [9.17, 15) is 4.79 Å². The second kappa shape index (κ2) is 4.58. The summed E-state index contributed by atoms with van der Waals surface area (Å²) in [6.07, 6.45) is 2.04. The molecule has 7 nitrogen and oxygen atoms in total. The topological polar surface area (TPSA) is 101 Å². The Morgan fingerprint density at radius 3 is 3.05 bits per heavy atom. The van der Waals surface area contributed by atoms with E-state index in [1.165, 1.54) is 17.7 Å². The molecule has 8 heteroatoms. The Morgan fingerprint density at radius 2 is 2.21 bits per heavy atom. The zero-order valence-electron chi connectivity index (χ0n) is 9.44. The molecule has 3 rings (SSSR count). The van der Waals surface area contributed by atoms with Crippen molar-refractivity contribution in [1.29, 1.82) is 0 Å². The SMILES string of the molecule is O=C(O)Nc1nnc(-c2ccc3ncncc3c2)s1. The van der Waals surface area contributed by atoms with Crippen molar-refractivity contribution in [3.05, 3.63) is 30.7 Å². The minimum atomic E-state index is -1.16. The van der Waals surface area contributed by atoms with Crippen LogP contribution in [0.25, 0.3) is 21.5 Å². The second-order valence-electron chi connectivity index (χ2n) is 3.64. The number of aromatic nitrogens is 4. The Kier molecular flexibility index (Phi) is 2.76. The fourth-order valence-corrected chi connectivity index (χ4v) is 2.33. The van der Waals surface area contributed by atoms with Gasteiger partial charge in [-0.1, -0.05) is 11.3 Å². The van der Waals surface area contributed by atoms with Crippen LogP contribution in [-0.4, -0.2) is 31.4 Å². The molecule has 0 saturated carbocycles. The van der Waals surface area contributed by atoms with Crippen molar-refractivity contribution in [2.45, 2.75) is 0 Å². The van der Waals surface area contributed by atoms with Gasteiger partial charge in [0.15, 0.2) is 0 Å². The van der Waals surface area contributed by atoms with Crippen LogP contribution >= 0.6 is 11.3 Å². The van der Waals surface area contributed by atoms with Crippen molar-refractivity contribution in [2.75, 3.05) is 5.32 Å². The van der Waals surface area contributed by atoms with E-state index in [1.54, 1.807) is 6.20 Å². The normalized spacial score (nSPS) is 10.5. The van der Waals surface area contributed by atoms with Gasteiger partial charge in [0.2, 0.25) is 5.13 Å². The molecule has 0 atom stereocenters. The summed E-state index contributed by atoms with van der Waals surface area (Å²) in [7, 11) is 0. The number of rotatable bonds is 2. The Bertz CT molecular complexity index is 757.